The van der Waals surface area contributed by atoms with Gasteiger partial charge in [0.2, 0.25) is 0 Å². The second-order valence-corrected chi connectivity index (χ2v) is 12.7. The van der Waals surface area contributed by atoms with Crippen LogP contribution in [0.5, 0.6) is 0 Å². The fraction of sp³-hybridized carbons (Fsp3) is 0.750. The van der Waals surface area contributed by atoms with Gasteiger partial charge in [-0.25, -0.2) is 8.78 Å². The molecule has 4 aliphatic carbocycles. The van der Waals surface area contributed by atoms with E-state index in [2.05, 4.69) is 31.0 Å². The van der Waals surface area contributed by atoms with E-state index in [4.69, 9.17) is 0 Å². The molecule has 8 unspecified atom stereocenters. The molecule has 8 atom stereocenters. The van der Waals surface area contributed by atoms with E-state index in [0.29, 0.717) is 11.3 Å². The van der Waals surface area contributed by atoms with E-state index < -0.39 is 11.6 Å². The van der Waals surface area contributed by atoms with Crippen molar-refractivity contribution in [1.82, 2.24) is 15.0 Å². The zero-order valence-electron chi connectivity index (χ0n) is 20.7. The van der Waals surface area contributed by atoms with Crippen molar-refractivity contribution >= 4 is 16.8 Å². The monoisotopic (exact) mass is 469 g/mol. The molecule has 0 aliphatic heterocycles. The van der Waals surface area contributed by atoms with Crippen LogP contribution in [0.1, 0.15) is 78.6 Å². The van der Waals surface area contributed by atoms with Gasteiger partial charge in [-0.3, -0.25) is 4.79 Å². The van der Waals surface area contributed by atoms with Crippen LogP contribution in [0.3, 0.4) is 0 Å². The van der Waals surface area contributed by atoms with Gasteiger partial charge in [-0.05, 0) is 91.8 Å². The van der Waals surface area contributed by atoms with E-state index in [1.807, 2.05) is 0 Å². The topological polar surface area (TPSA) is 47.8 Å². The number of hydrogen-bond acceptors (Lipinski definition) is 3. The SMILES string of the molecule is CC1CCC2(C)C(CCC3C2CCC2(C)C(C(=O)Cn4nc5cc(F)c(F)cc5n4)CCC32)C1. The minimum Gasteiger partial charge on any atom is -0.297 e. The van der Waals surface area contributed by atoms with Gasteiger partial charge in [0.25, 0.3) is 0 Å². The highest BCUT2D eigenvalue weighted by molar-refractivity contribution is 5.82. The maximum Gasteiger partial charge on any atom is 0.161 e. The summed E-state index contributed by atoms with van der Waals surface area (Å²) in [4.78, 5) is 14.9. The van der Waals surface area contributed by atoms with Crippen LogP contribution in [0, 0.1) is 58.0 Å². The molecule has 0 amide bonds. The predicted molar refractivity (Wildman–Crippen MR) is 127 cm³/mol. The Kier molecular flexibility index (Phi) is 5.20. The summed E-state index contributed by atoms with van der Waals surface area (Å²) in [6.45, 7) is 7.48. The zero-order chi connectivity index (χ0) is 23.8. The number of Topliss-reactive ketones (excluding diaryl/α,β-unsaturated/α-hetero) is 1. The maximum absolute atomic E-state index is 13.6. The number of aromatic nitrogens is 3. The molecule has 1 heterocycles. The smallest absolute Gasteiger partial charge is 0.161 e. The van der Waals surface area contributed by atoms with E-state index in [-0.39, 0.29) is 34.7 Å². The normalized spacial score (nSPS) is 41.7. The van der Waals surface area contributed by atoms with E-state index in [1.165, 1.54) is 43.3 Å². The van der Waals surface area contributed by atoms with Crippen molar-refractivity contribution in [2.24, 2.45) is 46.3 Å². The molecule has 184 valence electrons. The highest BCUT2D eigenvalue weighted by Crippen LogP contribution is 2.67. The van der Waals surface area contributed by atoms with Gasteiger partial charge in [0.05, 0.1) is 0 Å². The molecule has 6 heteroatoms. The van der Waals surface area contributed by atoms with Crippen molar-refractivity contribution in [3.05, 3.63) is 23.8 Å². The van der Waals surface area contributed by atoms with Crippen molar-refractivity contribution in [3.8, 4) is 0 Å². The third-order valence-electron chi connectivity index (χ3n) is 11.1. The van der Waals surface area contributed by atoms with Crippen molar-refractivity contribution < 1.29 is 13.6 Å². The molecule has 0 saturated heterocycles. The van der Waals surface area contributed by atoms with Crippen LogP contribution in [0.25, 0.3) is 11.0 Å². The van der Waals surface area contributed by atoms with Crippen LogP contribution < -0.4 is 0 Å². The summed E-state index contributed by atoms with van der Waals surface area (Å²) in [5.74, 6) is 2.28. The van der Waals surface area contributed by atoms with Gasteiger partial charge in [-0.1, -0.05) is 27.2 Å². The van der Waals surface area contributed by atoms with Gasteiger partial charge in [0.1, 0.15) is 17.6 Å². The Balaban J connectivity index is 1.21. The summed E-state index contributed by atoms with van der Waals surface area (Å²) in [6, 6.07) is 2.10. The Labute approximate surface area is 200 Å². The molecule has 6 rings (SSSR count). The van der Waals surface area contributed by atoms with Crippen LogP contribution in [0.15, 0.2) is 12.1 Å². The molecular formula is C28H37F2N3O. The standard InChI is InChI=1S/C28H37F2N3O/c1-16-8-10-27(2)17(12-16)4-5-18-19-6-7-21(28(19,3)11-9-20(18)27)26(34)15-33-31-24-13-22(29)23(30)14-25(24)32-33/h13-14,16-21H,4-12,15H2,1-3H3. The summed E-state index contributed by atoms with van der Waals surface area (Å²) < 4.78 is 27.1. The van der Waals surface area contributed by atoms with Gasteiger partial charge in [-0.15, -0.1) is 0 Å². The third kappa shape index (κ3) is 3.30. The lowest BCUT2D eigenvalue weighted by Gasteiger charge is -2.61. The largest absolute Gasteiger partial charge is 0.297 e. The molecule has 0 N–H and O–H groups in total. The minimum absolute atomic E-state index is 0.0259. The van der Waals surface area contributed by atoms with Gasteiger partial charge in [-0.2, -0.15) is 15.0 Å². The van der Waals surface area contributed by atoms with Gasteiger partial charge in [0.15, 0.2) is 17.4 Å². The van der Waals surface area contributed by atoms with E-state index in [1.54, 1.807) is 0 Å². The van der Waals surface area contributed by atoms with Gasteiger partial charge in [0, 0.05) is 18.1 Å². The van der Waals surface area contributed by atoms with Crippen LogP contribution >= 0.6 is 0 Å². The summed E-state index contributed by atoms with van der Waals surface area (Å²) in [5.41, 5.74) is 1.11. The van der Waals surface area contributed by atoms with Crippen molar-refractivity contribution in [2.45, 2.75) is 85.1 Å². The maximum atomic E-state index is 13.6. The lowest BCUT2D eigenvalue weighted by atomic mass is 9.44. The highest BCUT2D eigenvalue weighted by atomic mass is 19.2. The molecule has 0 spiro atoms. The Morgan fingerprint density at radius 3 is 2.29 bits per heavy atom. The molecule has 4 fully saturated rings. The number of hydrogen-bond donors (Lipinski definition) is 0. The van der Waals surface area contributed by atoms with Crippen LogP contribution in [-0.4, -0.2) is 20.8 Å². The van der Waals surface area contributed by atoms with E-state index >= 15 is 0 Å². The second-order valence-electron chi connectivity index (χ2n) is 12.7. The molecular weight excluding hydrogens is 432 g/mol. The van der Waals surface area contributed by atoms with Gasteiger partial charge >= 0.3 is 0 Å². The Morgan fingerprint density at radius 1 is 0.941 bits per heavy atom. The average molecular weight is 470 g/mol. The molecule has 0 radical (unpaired) electrons. The minimum atomic E-state index is -0.940. The van der Waals surface area contributed by atoms with Crippen LogP contribution in [-0.2, 0) is 11.3 Å². The number of halogens is 2. The van der Waals surface area contributed by atoms with E-state index in [0.717, 1.165) is 55.1 Å². The highest BCUT2D eigenvalue weighted by Gasteiger charge is 2.60. The quantitative estimate of drug-likeness (QED) is 0.511. The number of nitrogens with zero attached hydrogens (tertiary/aromatic N) is 3. The van der Waals surface area contributed by atoms with Crippen LogP contribution in [0.2, 0.25) is 0 Å². The van der Waals surface area contributed by atoms with E-state index in [9.17, 15) is 13.6 Å². The lowest BCUT2D eigenvalue weighted by molar-refractivity contribution is -0.137. The van der Waals surface area contributed by atoms with Crippen molar-refractivity contribution in [1.29, 1.82) is 0 Å². The molecule has 4 saturated carbocycles. The molecule has 4 aliphatic rings. The number of benzene rings is 1. The number of ketones is 1. The molecule has 1 aromatic carbocycles. The van der Waals surface area contributed by atoms with Crippen molar-refractivity contribution in [3.63, 3.8) is 0 Å². The Bertz CT molecular complexity index is 1090. The summed E-state index contributed by atoms with van der Waals surface area (Å²) in [5, 5.41) is 8.51. The summed E-state index contributed by atoms with van der Waals surface area (Å²) in [7, 11) is 0. The fourth-order valence-electron chi connectivity index (χ4n) is 9.28. The molecule has 2 aromatic rings. The lowest BCUT2D eigenvalue weighted by Crippen LogP contribution is -2.53. The first-order valence-electron chi connectivity index (χ1n) is 13.4. The predicted octanol–water partition coefficient (Wildman–Crippen LogP) is 6.57. The summed E-state index contributed by atoms with van der Waals surface area (Å²) in [6.07, 6.45) is 11.3. The average Bonchev–Trinajstić information content (AvgIpc) is 3.34. The summed E-state index contributed by atoms with van der Waals surface area (Å²) >= 11 is 0. The Hall–Kier alpha value is -1.85. The first kappa shape index (κ1) is 22.6. The van der Waals surface area contributed by atoms with Gasteiger partial charge < -0.3 is 0 Å². The fourth-order valence-corrected chi connectivity index (χ4v) is 9.28. The first-order chi connectivity index (χ1) is 16.2. The number of rotatable bonds is 3. The Morgan fingerprint density at radius 2 is 1.59 bits per heavy atom. The molecule has 1 aromatic heterocycles. The molecule has 34 heavy (non-hydrogen) atoms. The van der Waals surface area contributed by atoms with Crippen LogP contribution in [0.4, 0.5) is 8.78 Å². The third-order valence-corrected chi connectivity index (χ3v) is 11.1. The molecule has 0 bridgehead atoms. The second kappa shape index (κ2) is 7.83. The van der Waals surface area contributed by atoms with Crippen molar-refractivity contribution in [2.75, 3.05) is 0 Å². The molecule has 4 nitrogen and oxygen atoms in total. The number of fused-ring (bicyclic) bond motifs is 6. The zero-order valence-corrected chi connectivity index (χ0v) is 20.7. The number of carbonyl (C=O) groups excluding carboxylic acids is 1. The first-order valence-corrected chi connectivity index (χ1v) is 13.4. The number of carbonyl (C=O) groups is 1.